The number of rotatable bonds is 5. The maximum atomic E-state index is 10.9. The first-order valence-corrected chi connectivity index (χ1v) is 5.48. The molecule has 0 aromatic heterocycles. The van der Waals surface area contributed by atoms with Gasteiger partial charge in [-0.15, -0.1) is 0 Å². The molecule has 1 atom stereocenters. The van der Waals surface area contributed by atoms with Gasteiger partial charge in [-0.05, 0) is 19.9 Å². The number of nitro groups is 1. The van der Waals surface area contributed by atoms with Crippen LogP contribution in [0.15, 0.2) is 24.3 Å². The van der Waals surface area contributed by atoms with Crippen LogP contribution in [0.25, 0.3) is 0 Å². The zero-order valence-corrected chi connectivity index (χ0v) is 9.96. The average Bonchev–Trinajstić information content (AvgIpc) is 2.35. The monoisotopic (exact) mass is 233 g/mol. The smallest absolute Gasteiger partial charge is 0.292 e. The van der Waals surface area contributed by atoms with Gasteiger partial charge in [0.25, 0.3) is 5.69 Å². The molecular weight excluding hydrogens is 218 g/mol. The van der Waals surface area contributed by atoms with E-state index in [0.29, 0.717) is 18.8 Å². The molecule has 0 aliphatic rings. The maximum absolute atomic E-state index is 10.9. The number of nitriles is 1. The van der Waals surface area contributed by atoms with Crippen LogP contribution in [0.3, 0.4) is 0 Å². The van der Waals surface area contributed by atoms with Gasteiger partial charge in [0.2, 0.25) is 0 Å². The van der Waals surface area contributed by atoms with Crippen molar-refractivity contribution in [2.45, 2.75) is 13.8 Å². The predicted molar refractivity (Wildman–Crippen MR) is 65.8 cm³/mol. The number of nitro benzene ring substituents is 1. The summed E-state index contributed by atoms with van der Waals surface area (Å²) in [5.74, 6) is -0.158. The van der Waals surface area contributed by atoms with Crippen LogP contribution < -0.4 is 4.90 Å². The van der Waals surface area contributed by atoms with E-state index >= 15 is 0 Å². The van der Waals surface area contributed by atoms with E-state index < -0.39 is 4.92 Å². The molecule has 0 saturated carbocycles. The number of nitrogens with zero attached hydrogens (tertiary/aromatic N) is 3. The van der Waals surface area contributed by atoms with E-state index in [0.717, 1.165) is 0 Å². The molecule has 0 radical (unpaired) electrons. The average molecular weight is 233 g/mol. The van der Waals surface area contributed by atoms with Gasteiger partial charge in [0, 0.05) is 19.2 Å². The van der Waals surface area contributed by atoms with Crippen molar-refractivity contribution in [2.24, 2.45) is 5.92 Å². The standard InChI is InChI=1S/C12H15N3O2/c1-3-14(9-10(2)8-13)11-6-4-5-7-12(11)15(16)17/h4-7,10H,3,9H2,1-2H3. The molecule has 5 heteroatoms. The van der Waals surface area contributed by atoms with Crippen LogP contribution in [0.1, 0.15) is 13.8 Å². The number of anilines is 1. The van der Waals surface area contributed by atoms with Gasteiger partial charge in [0.15, 0.2) is 0 Å². The number of hydrogen-bond donors (Lipinski definition) is 0. The van der Waals surface area contributed by atoms with Crippen molar-refractivity contribution in [3.05, 3.63) is 34.4 Å². The normalized spacial score (nSPS) is 11.6. The summed E-state index contributed by atoms with van der Waals surface area (Å²) in [6, 6.07) is 8.74. The first-order chi connectivity index (χ1) is 8.10. The Hall–Kier alpha value is -2.09. The molecule has 90 valence electrons. The minimum Gasteiger partial charge on any atom is -0.365 e. The molecular formula is C12H15N3O2. The van der Waals surface area contributed by atoms with Gasteiger partial charge in [-0.25, -0.2) is 0 Å². The highest BCUT2D eigenvalue weighted by molar-refractivity contribution is 5.63. The third-order valence-electron chi connectivity index (χ3n) is 2.52. The number of benzene rings is 1. The highest BCUT2D eigenvalue weighted by Crippen LogP contribution is 2.27. The minimum atomic E-state index is -0.394. The molecule has 5 nitrogen and oxygen atoms in total. The van der Waals surface area contributed by atoms with Crippen molar-refractivity contribution in [1.29, 1.82) is 5.26 Å². The molecule has 0 amide bonds. The second-order valence-corrected chi connectivity index (χ2v) is 3.81. The third kappa shape index (κ3) is 3.18. The van der Waals surface area contributed by atoms with Crippen molar-refractivity contribution in [2.75, 3.05) is 18.0 Å². The number of hydrogen-bond acceptors (Lipinski definition) is 4. The molecule has 0 heterocycles. The third-order valence-corrected chi connectivity index (χ3v) is 2.52. The zero-order chi connectivity index (χ0) is 12.8. The van der Waals surface area contributed by atoms with Crippen molar-refractivity contribution in [1.82, 2.24) is 0 Å². The lowest BCUT2D eigenvalue weighted by Gasteiger charge is -2.23. The Morgan fingerprint density at radius 3 is 2.71 bits per heavy atom. The molecule has 1 aromatic carbocycles. The zero-order valence-electron chi connectivity index (χ0n) is 9.96. The molecule has 17 heavy (non-hydrogen) atoms. The molecule has 1 unspecified atom stereocenters. The SMILES string of the molecule is CCN(CC(C)C#N)c1ccccc1[N+](=O)[O-]. The number of para-hydroxylation sites is 2. The van der Waals surface area contributed by atoms with Gasteiger partial charge in [-0.2, -0.15) is 5.26 Å². The molecule has 1 aromatic rings. The lowest BCUT2D eigenvalue weighted by molar-refractivity contribution is -0.384. The highest BCUT2D eigenvalue weighted by atomic mass is 16.6. The van der Waals surface area contributed by atoms with Crippen LogP contribution in [0, 0.1) is 27.4 Å². The Labute approximate surface area is 100 Å². The summed E-state index contributed by atoms with van der Waals surface area (Å²) >= 11 is 0. The molecule has 0 spiro atoms. The van der Waals surface area contributed by atoms with Crippen LogP contribution >= 0.6 is 0 Å². The van der Waals surface area contributed by atoms with Gasteiger partial charge < -0.3 is 4.90 Å². The van der Waals surface area contributed by atoms with Crippen LogP contribution in [0.4, 0.5) is 11.4 Å². The first-order valence-electron chi connectivity index (χ1n) is 5.48. The van der Waals surface area contributed by atoms with Crippen molar-refractivity contribution < 1.29 is 4.92 Å². The van der Waals surface area contributed by atoms with Crippen LogP contribution in [0.5, 0.6) is 0 Å². The Morgan fingerprint density at radius 2 is 2.18 bits per heavy atom. The van der Waals surface area contributed by atoms with E-state index in [1.807, 2.05) is 11.8 Å². The summed E-state index contributed by atoms with van der Waals surface area (Å²) in [6.45, 7) is 4.85. The molecule has 0 saturated heterocycles. The van der Waals surface area contributed by atoms with E-state index in [-0.39, 0.29) is 11.6 Å². The Morgan fingerprint density at radius 1 is 1.53 bits per heavy atom. The second-order valence-electron chi connectivity index (χ2n) is 3.81. The van der Waals surface area contributed by atoms with Crippen molar-refractivity contribution in [3.8, 4) is 6.07 Å². The predicted octanol–water partition coefficient (Wildman–Crippen LogP) is 2.58. The maximum Gasteiger partial charge on any atom is 0.292 e. The van der Waals surface area contributed by atoms with E-state index in [4.69, 9.17) is 5.26 Å². The largest absolute Gasteiger partial charge is 0.365 e. The quantitative estimate of drug-likeness (QED) is 0.579. The topological polar surface area (TPSA) is 70.2 Å². The summed E-state index contributed by atoms with van der Waals surface area (Å²) in [7, 11) is 0. The van der Waals surface area contributed by atoms with E-state index in [1.165, 1.54) is 6.07 Å². The van der Waals surface area contributed by atoms with Gasteiger partial charge in [0.1, 0.15) is 5.69 Å². The van der Waals surface area contributed by atoms with Crippen molar-refractivity contribution >= 4 is 11.4 Å². The molecule has 0 N–H and O–H groups in total. The molecule has 0 aliphatic carbocycles. The van der Waals surface area contributed by atoms with Gasteiger partial charge in [-0.1, -0.05) is 12.1 Å². The van der Waals surface area contributed by atoms with Gasteiger partial charge in [0.05, 0.1) is 16.9 Å². The lowest BCUT2D eigenvalue weighted by atomic mass is 10.1. The molecule has 1 rings (SSSR count). The Bertz CT molecular complexity index is 440. The minimum absolute atomic E-state index is 0.0829. The van der Waals surface area contributed by atoms with E-state index in [2.05, 4.69) is 6.07 Å². The van der Waals surface area contributed by atoms with Gasteiger partial charge >= 0.3 is 0 Å². The summed E-state index contributed by atoms with van der Waals surface area (Å²) < 4.78 is 0. The van der Waals surface area contributed by atoms with E-state index in [9.17, 15) is 10.1 Å². The fourth-order valence-electron chi connectivity index (χ4n) is 1.66. The molecule has 0 aliphatic heterocycles. The lowest BCUT2D eigenvalue weighted by Crippen LogP contribution is -2.28. The van der Waals surface area contributed by atoms with Crippen LogP contribution in [-0.4, -0.2) is 18.0 Å². The Kier molecular flexibility index (Phi) is 4.46. The summed E-state index contributed by atoms with van der Waals surface area (Å²) in [5, 5.41) is 19.7. The summed E-state index contributed by atoms with van der Waals surface area (Å²) in [5.41, 5.74) is 0.654. The fourth-order valence-corrected chi connectivity index (χ4v) is 1.66. The van der Waals surface area contributed by atoms with Crippen LogP contribution in [-0.2, 0) is 0 Å². The van der Waals surface area contributed by atoms with Crippen molar-refractivity contribution in [3.63, 3.8) is 0 Å². The Balaban J connectivity index is 3.04. The van der Waals surface area contributed by atoms with Gasteiger partial charge in [-0.3, -0.25) is 10.1 Å². The highest BCUT2D eigenvalue weighted by Gasteiger charge is 2.18. The van der Waals surface area contributed by atoms with E-state index in [1.54, 1.807) is 25.1 Å². The first kappa shape index (κ1) is 13.0. The molecule has 0 fully saturated rings. The molecule has 0 bridgehead atoms. The summed E-state index contributed by atoms with van der Waals surface area (Å²) in [4.78, 5) is 12.4. The summed E-state index contributed by atoms with van der Waals surface area (Å²) in [6.07, 6.45) is 0. The fraction of sp³-hybridized carbons (Fsp3) is 0.417. The van der Waals surface area contributed by atoms with Crippen LogP contribution in [0.2, 0.25) is 0 Å². The second kappa shape index (κ2) is 5.85.